The first kappa shape index (κ1) is 16.3. The molecule has 0 radical (unpaired) electrons. The summed E-state index contributed by atoms with van der Waals surface area (Å²) in [6, 6.07) is 2.75. The van der Waals surface area contributed by atoms with Gasteiger partial charge in [0, 0.05) is 6.04 Å². The molecule has 0 aliphatic rings. The number of hydrogen-bond acceptors (Lipinski definition) is 1. The van der Waals surface area contributed by atoms with E-state index in [2.05, 4.69) is 0 Å². The number of alkyl halides is 3. The van der Waals surface area contributed by atoms with Gasteiger partial charge < -0.3 is 5.73 Å². The van der Waals surface area contributed by atoms with Crippen LogP contribution in [0.3, 0.4) is 0 Å². The Kier molecular flexibility index (Phi) is 5.49. The van der Waals surface area contributed by atoms with Crippen molar-refractivity contribution in [2.75, 3.05) is 0 Å². The van der Waals surface area contributed by atoms with Crippen molar-refractivity contribution in [2.24, 2.45) is 5.73 Å². The molecule has 0 aliphatic carbocycles. The van der Waals surface area contributed by atoms with Gasteiger partial charge in [-0.25, -0.2) is 0 Å². The van der Waals surface area contributed by atoms with Crippen LogP contribution in [0.1, 0.15) is 34.7 Å². The van der Waals surface area contributed by atoms with E-state index < -0.39 is 18.6 Å². The number of nitrogens with two attached hydrogens (primary N) is 1. The molecule has 1 aromatic rings. The van der Waals surface area contributed by atoms with Crippen molar-refractivity contribution in [1.82, 2.24) is 0 Å². The zero-order valence-electron chi connectivity index (χ0n) is 10.1. The molecule has 0 saturated carbocycles. The molecule has 1 aromatic carbocycles. The summed E-state index contributed by atoms with van der Waals surface area (Å²) in [7, 11) is 0. The summed E-state index contributed by atoms with van der Waals surface area (Å²) >= 11 is 0. The van der Waals surface area contributed by atoms with E-state index in [1.54, 1.807) is 13.8 Å². The summed E-state index contributed by atoms with van der Waals surface area (Å²) in [5.74, 6) is 0. The van der Waals surface area contributed by atoms with Crippen LogP contribution in [-0.2, 0) is 0 Å². The second kappa shape index (κ2) is 5.74. The first-order chi connectivity index (χ1) is 7.20. The Hall–Kier alpha value is -0.740. The summed E-state index contributed by atoms with van der Waals surface area (Å²) < 4.78 is 36.8. The third kappa shape index (κ3) is 4.56. The molecule has 0 aliphatic heterocycles. The molecule has 2 N–H and O–H groups in total. The number of rotatable bonds is 2. The van der Waals surface area contributed by atoms with Crippen LogP contribution >= 0.6 is 12.4 Å². The lowest BCUT2D eigenvalue weighted by molar-refractivity contribution is -0.138. The normalized spacial score (nSPS) is 13.1. The molecular formula is C12H17ClF3N. The molecule has 0 spiro atoms. The van der Waals surface area contributed by atoms with Crippen LogP contribution in [0.5, 0.6) is 0 Å². The first-order valence-corrected chi connectivity index (χ1v) is 5.11. The van der Waals surface area contributed by atoms with E-state index in [0.717, 1.165) is 16.7 Å². The highest BCUT2D eigenvalue weighted by molar-refractivity contribution is 5.85. The third-order valence-corrected chi connectivity index (χ3v) is 2.56. The Balaban J connectivity index is 0.00000256. The van der Waals surface area contributed by atoms with Crippen molar-refractivity contribution in [2.45, 2.75) is 39.4 Å². The predicted octanol–water partition coefficient (Wildman–Crippen LogP) is 3.99. The lowest BCUT2D eigenvalue weighted by Gasteiger charge is -2.19. The second-order valence-electron chi connectivity index (χ2n) is 4.24. The molecule has 0 unspecified atom stereocenters. The van der Waals surface area contributed by atoms with Crippen molar-refractivity contribution in [3.63, 3.8) is 0 Å². The van der Waals surface area contributed by atoms with Gasteiger partial charge in [0.2, 0.25) is 0 Å². The molecule has 1 atom stereocenters. The monoisotopic (exact) mass is 267 g/mol. The number of benzene rings is 1. The Bertz CT molecular complexity index is 365. The zero-order valence-corrected chi connectivity index (χ0v) is 10.9. The van der Waals surface area contributed by atoms with Gasteiger partial charge in [-0.05, 0) is 37.5 Å². The van der Waals surface area contributed by atoms with Gasteiger partial charge in [0.05, 0.1) is 6.42 Å². The smallest absolute Gasteiger partial charge is 0.324 e. The van der Waals surface area contributed by atoms with Gasteiger partial charge in [-0.2, -0.15) is 13.2 Å². The van der Waals surface area contributed by atoms with Crippen LogP contribution in [0, 0.1) is 20.8 Å². The maximum atomic E-state index is 12.3. The molecule has 0 aromatic heterocycles. The quantitative estimate of drug-likeness (QED) is 0.862. The summed E-state index contributed by atoms with van der Waals surface area (Å²) in [5, 5.41) is 0. The molecule has 1 nitrogen and oxygen atoms in total. The van der Waals surface area contributed by atoms with Gasteiger partial charge in [0.25, 0.3) is 0 Å². The lowest BCUT2D eigenvalue weighted by atomic mass is 9.93. The highest BCUT2D eigenvalue weighted by atomic mass is 35.5. The molecule has 0 bridgehead atoms. The minimum atomic E-state index is -4.22. The fourth-order valence-corrected chi connectivity index (χ4v) is 2.13. The largest absolute Gasteiger partial charge is 0.390 e. The van der Waals surface area contributed by atoms with Crippen LogP contribution in [-0.4, -0.2) is 6.18 Å². The Morgan fingerprint density at radius 1 is 1.12 bits per heavy atom. The Labute approximate surface area is 106 Å². The highest BCUT2D eigenvalue weighted by Crippen LogP contribution is 2.31. The van der Waals surface area contributed by atoms with E-state index in [9.17, 15) is 13.2 Å². The standard InChI is InChI=1S/C12H16F3N.ClH/c1-7-4-8(2)11(9(3)5-7)10(16)6-12(13,14)15;/h4-5,10H,6,16H2,1-3H3;1H/t10-;/m0./s1. The summed E-state index contributed by atoms with van der Waals surface area (Å²) in [4.78, 5) is 0. The third-order valence-electron chi connectivity index (χ3n) is 2.56. The summed E-state index contributed by atoms with van der Waals surface area (Å²) in [5.41, 5.74) is 8.92. The van der Waals surface area contributed by atoms with Gasteiger partial charge in [-0.1, -0.05) is 17.7 Å². The van der Waals surface area contributed by atoms with Gasteiger partial charge in [0.15, 0.2) is 0 Å². The average molecular weight is 268 g/mol. The molecule has 1 rings (SSSR count). The maximum absolute atomic E-state index is 12.3. The number of hydrogen-bond donors (Lipinski definition) is 1. The van der Waals surface area contributed by atoms with Gasteiger partial charge >= 0.3 is 6.18 Å². The van der Waals surface area contributed by atoms with Crippen molar-refractivity contribution >= 4 is 12.4 Å². The van der Waals surface area contributed by atoms with E-state index in [4.69, 9.17) is 5.73 Å². The topological polar surface area (TPSA) is 26.0 Å². The molecule has 0 fully saturated rings. The van der Waals surface area contributed by atoms with E-state index >= 15 is 0 Å². The van der Waals surface area contributed by atoms with Crippen LogP contribution in [0.4, 0.5) is 13.2 Å². The molecule has 17 heavy (non-hydrogen) atoms. The fraction of sp³-hybridized carbons (Fsp3) is 0.500. The van der Waals surface area contributed by atoms with E-state index in [1.165, 1.54) is 0 Å². The maximum Gasteiger partial charge on any atom is 0.390 e. The Morgan fingerprint density at radius 2 is 1.53 bits per heavy atom. The van der Waals surface area contributed by atoms with Crippen molar-refractivity contribution in [1.29, 1.82) is 0 Å². The van der Waals surface area contributed by atoms with Crippen LogP contribution in [0.15, 0.2) is 12.1 Å². The summed E-state index contributed by atoms with van der Waals surface area (Å²) in [6.07, 6.45) is -5.19. The second-order valence-corrected chi connectivity index (χ2v) is 4.24. The summed E-state index contributed by atoms with van der Waals surface area (Å²) in [6.45, 7) is 5.51. The van der Waals surface area contributed by atoms with Crippen molar-refractivity contribution < 1.29 is 13.2 Å². The Morgan fingerprint density at radius 3 is 1.88 bits per heavy atom. The number of aryl methyl sites for hydroxylation is 3. The average Bonchev–Trinajstić information content (AvgIpc) is 1.96. The highest BCUT2D eigenvalue weighted by Gasteiger charge is 2.31. The van der Waals surface area contributed by atoms with E-state index in [1.807, 2.05) is 19.1 Å². The predicted molar refractivity (Wildman–Crippen MR) is 65.5 cm³/mol. The molecule has 0 heterocycles. The van der Waals surface area contributed by atoms with Gasteiger partial charge in [-0.3, -0.25) is 0 Å². The number of halogens is 4. The van der Waals surface area contributed by atoms with Crippen molar-refractivity contribution in [3.8, 4) is 0 Å². The van der Waals surface area contributed by atoms with E-state index in [-0.39, 0.29) is 12.4 Å². The van der Waals surface area contributed by atoms with Crippen LogP contribution in [0.2, 0.25) is 0 Å². The first-order valence-electron chi connectivity index (χ1n) is 5.11. The zero-order chi connectivity index (χ0) is 12.5. The molecule has 5 heteroatoms. The molecule has 0 amide bonds. The van der Waals surface area contributed by atoms with Crippen LogP contribution < -0.4 is 5.73 Å². The van der Waals surface area contributed by atoms with Gasteiger partial charge in [0.1, 0.15) is 0 Å². The van der Waals surface area contributed by atoms with E-state index in [0.29, 0.717) is 5.56 Å². The van der Waals surface area contributed by atoms with Gasteiger partial charge in [-0.15, -0.1) is 12.4 Å². The van der Waals surface area contributed by atoms with Crippen LogP contribution in [0.25, 0.3) is 0 Å². The minimum absolute atomic E-state index is 0. The molecular weight excluding hydrogens is 251 g/mol. The minimum Gasteiger partial charge on any atom is -0.324 e. The van der Waals surface area contributed by atoms with Crippen molar-refractivity contribution in [3.05, 3.63) is 34.4 Å². The lowest BCUT2D eigenvalue weighted by Crippen LogP contribution is -2.21. The molecule has 98 valence electrons. The fourth-order valence-electron chi connectivity index (χ4n) is 2.13. The molecule has 0 saturated heterocycles. The SMILES string of the molecule is Cc1cc(C)c([C@@H](N)CC(F)(F)F)c(C)c1.Cl.